The molecule has 0 saturated heterocycles. The van der Waals surface area contributed by atoms with Gasteiger partial charge in [-0.25, -0.2) is 4.98 Å². The topological polar surface area (TPSA) is 34.1 Å². The fourth-order valence-electron chi connectivity index (χ4n) is 2.09. The molecule has 19 heavy (non-hydrogen) atoms. The Labute approximate surface area is 118 Å². The number of aromatic nitrogens is 1. The molecule has 0 bridgehead atoms. The molecule has 0 amide bonds. The molecule has 0 fully saturated rings. The summed E-state index contributed by atoms with van der Waals surface area (Å²) in [6, 6.07) is 6.48. The molecule has 2 aromatic rings. The Kier molecular flexibility index (Phi) is 4.93. The summed E-state index contributed by atoms with van der Waals surface area (Å²) in [6.45, 7) is 5.22. The van der Waals surface area contributed by atoms with Crippen molar-refractivity contribution < 1.29 is 4.74 Å². The SMILES string of the molecule is CCCNC(c1ccc(OC)c(C)c1)c1nccs1. The van der Waals surface area contributed by atoms with E-state index in [0.717, 1.165) is 29.3 Å². The molecule has 1 unspecified atom stereocenters. The van der Waals surface area contributed by atoms with E-state index in [0.29, 0.717) is 0 Å². The molecule has 0 aliphatic carbocycles. The number of nitrogens with zero attached hydrogens (tertiary/aromatic N) is 1. The first-order valence-corrected chi connectivity index (χ1v) is 7.41. The highest BCUT2D eigenvalue weighted by atomic mass is 32.1. The Morgan fingerprint density at radius 2 is 2.26 bits per heavy atom. The summed E-state index contributed by atoms with van der Waals surface area (Å²) in [5.74, 6) is 0.928. The van der Waals surface area contributed by atoms with Gasteiger partial charge in [0, 0.05) is 11.6 Å². The van der Waals surface area contributed by atoms with Crippen LogP contribution in [0, 0.1) is 6.92 Å². The van der Waals surface area contributed by atoms with Gasteiger partial charge >= 0.3 is 0 Å². The third-order valence-corrected chi connectivity index (χ3v) is 3.89. The largest absolute Gasteiger partial charge is 0.496 e. The first kappa shape index (κ1) is 14.0. The minimum absolute atomic E-state index is 0.171. The number of thiazole rings is 1. The third kappa shape index (κ3) is 3.33. The summed E-state index contributed by atoms with van der Waals surface area (Å²) >= 11 is 1.69. The summed E-state index contributed by atoms with van der Waals surface area (Å²) < 4.78 is 5.32. The van der Waals surface area contributed by atoms with Gasteiger partial charge in [-0.1, -0.05) is 19.1 Å². The van der Waals surface area contributed by atoms with Gasteiger partial charge in [-0.05, 0) is 37.1 Å². The zero-order valence-corrected chi connectivity index (χ0v) is 12.5. The van der Waals surface area contributed by atoms with Gasteiger partial charge in [0.1, 0.15) is 10.8 Å². The van der Waals surface area contributed by atoms with Crippen molar-refractivity contribution in [3.63, 3.8) is 0 Å². The maximum atomic E-state index is 5.32. The van der Waals surface area contributed by atoms with Gasteiger partial charge in [0.25, 0.3) is 0 Å². The highest BCUT2D eigenvalue weighted by Gasteiger charge is 2.16. The van der Waals surface area contributed by atoms with Gasteiger partial charge in [0.15, 0.2) is 0 Å². The first-order valence-electron chi connectivity index (χ1n) is 6.53. The van der Waals surface area contributed by atoms with Crippen molar-refractivity contribution in [2.24, 2.45) is 0 Å². The average molecular weight is 276 g/mol. The summed E-state index contributed by atoms with van der Waals surface area (Å²) in [4.78, 5) is 4.44. The van der Waals surface area contributed by atoms with Crippen molar-refractivity contribution in [2.75, 3.05) is 13.7 Å². The Morgan fingerprint density at radius 3 is 2.84 bits per heavy atom. The highest BCUT2D eigenvalue weighted by Crippen LogP contribution is 2.27. The van der Waals surface area contributed by atoms with Crippen molar-refractivity contribution >= 4 is 11.3 Å². The van der Waals surface area contributed by atoms with E-state index in [2.05, 4.69) is 36.3 Å². The Bertz CT molecular complexity index is 511. The first-order chi connectivity index (χ1) is 9.26. The zero-order chi connectivity index (χ0) is 13.7. The van der Waals surface area contributed by atoms with E-state index in [4.69, 9.17) is 4.74 Å². The van der Waals surface area contributed by atoms with Gasteiger partial charge in [0.2, 0.25) is 0 Å². The van der Waals surface area contributed by atoms with E-state index in [-0.39, 0.29) is 6.04 Å². The fraction of sp³-hybridized carbons (Fsp3) is 0.400. The van der Waals surface area contributed by atoms with Crippen molar-refractivity contribution in [1.29, 1.82) is 0 Å². The highest BCUT2D eigenvalue weighted by molar-refractivity contribution is 7.09. The van der Waals surface area contributed by atoms with Crippen LogP contribution >= 0.6 is 11.3 Å². The molecule has 0 aliphatic rings. The monoisotopic (exact) mass is 276 g/mol. The van der Waals surface area contributed by atoms with Crippen LogP contribution in [0.4, 0.5) is 0 Å². The normalized spacial score (nSPS) is 12.4. The summed E-state index contributed by atoms with van der Waals surface area (Å²) in [7, 11) is 1.70. The minimum Gasteiger partial charge on any atom is -0.496 e. The molecule has 1 aromatic carbocycles. The van der Waals surface area contributed by atoms with E-state index in [1.54, 1.807) is 18.4 Å². The Morgan fingerprint density at radius 1 is 1.42 bits per heavy atom. The van der Waals surface area contributed by atoms with Crippen LogP contribution in [0.2, 0.25) is 0 Å². The molecule has 0 spiro atoms. The zero-order valence-electron chi connectivity index (χ0n) is 11.6. The number of benzene rings is 1. The number of aryl methyl sites for hydroxylation is 1. The molecular weight excluding hydrogens is 256 g/mol. The number of methoxy groups -OCH3 is 1. The van der Waals surface area contributed by atoms with Gasteiger partial charge < -0.3 is 10.1 Å². The maximum absolute atomic E-state index is 5.32. The quantitative estimate of drug-likeness (QED) is 0.876. The van der Waals surface area contributed by atoms with Crippen molar-refractivity contribution in [3.05, 3.63) is 45.9 Å². The fourth-order valence-corrected chi connectivity index (χ4v) is 2.83. The van der Waals surface area contributed by atoms with Crippen LogP contribution in [0.3, 0.4) is 0 Å². The molecule has 3 nitrogen and oxygen atoms in total. The summed E-state index contributed by atoms with van der Waals surface area (Å²) in [5, 5.41) is 6.69. The van der Waals surface area contributed by atoms with Gasteiger partial charge in [-0.15, -0.1) is 11.3 Å². The minimum atomic E-state index is 0.171. The van der Waals surface area contributed by atoms with Crippen molar-refractivity contribution in [3.8, 4) is 5.75 Å². The lowest BCUT2D eigenvalue weighted by molar-refractivity contribution is 0.411. The second-order valence-electron chi connectivity index (χ2n) is 4.49. The molecule has 1 N–H and O–H groups in total. The molecule has 0 saturated carbocycles. The number of ether oxygens (including phenoxy) is 1. The molecule has 1 atom stereocenters. The Balaban J connectivity index is 2.30. The van der Waals surface area contributed by atoms with E-state index in [1.807, 2.05) is 17.6 Å². The smallest absolute Gasteiger partial charge is 0.121 e. The van der Waals surface area contributed by atoms with E-state index >= 15 is 0 Å². The number of hydrogen-bond acceptors (Lipinski definition) is 4. The molecule has 4 heteroatoms. The standard InChI is InChI=1S/C15H20N2OS/c1-4-7-16-14(15-17-8-9-19-15)12-5-6-13(18-3)11(2)10-12/h5-6,8-10,14,16H,4,7H2,1-3H3. The maximum Gasteiger partial charge on any atom is 0.121 e. The van der Waals surface area contributed by atoms with Crippen LogP contribution < -0.4 is 10.1 Å². The van der Waals surface area contributed by atoms with Crippen LogP contribution in [0.15, 0.2) is 29.8 Å². The van der Waals surface area contributed by atoms with E-state index in [1.165, 1.54) is 5.56 Å². The number of hydrogen-bond donors (Lipinski definition) is 1. The molecule has 0 aliphatic heterocycles. The van der Waals surface area contributed by atoms with Crippen LogP contribution in [0.1, 0.15) is 35.5 Å². The molecule has 0 radical (unpaired) electrons. The second-order valence-corrected chi connectivity index (χ2v) is 5.41. The lowest BCUT2D eigenvalue weighted by atomic mass is 10.0. The predicted octanol–water partition coefficient (Wildman–Crippen LogP) is 3.55. The molecule has 2 rings (SSSR count). The third-order valence-electron chi connectivity index (χ3n) is 3.05. The van der Waals surface area contributed by atoms with Crippen molar-refractivity contribution in [2.45, 2.75) is 26.3 Å². The van der Waals surface area contributed by atoms with Gasteiger partial charge in [0.05, 0.1) is 13.2 Å². The molecule has 102 valence electrons. The molecule has 1 heterocycles. The molecule has 1 aromatic heterocycles. The summed E-state index contributed by atoms with van der Waals surface area (Å²) in [5.41, 5.74) is 2.39. The lowest BCUT2D eigenvalue weighted by Gasteiger charge is -2.18. The van der Waals surface area contributed by atoms with Crippen LogP contribution in [-0.2, 0) is 0 Å². The second kappa shape index (κ2) is 6.68. The average Bonchev–Trinajstić information content (AvgIpc) is 2.93. The lowest BCUT2D eigenvalue weighted by Crippen LogP contribution is -2.23. The summed E-state index contributed by atoms with van der Waals surface area (Å²) in [6.07, 6.45) is 2.97. The van der Waals surface area contributed by atoms with E-state index < -0.39 is 0 Å². The Hall–Kier alpha value is -1.39. The van der Waals surface area contributed by atoms with Gasteiger partial charge in [-0.3, -0.25) is 0 Å². The number of rotatable bonds is 6. The molecular formula is C15H20N2OS. The van der Waals surface area contributed by atoms with Crippen molar-refractivity contribution in [1.82, 2.24) is 10.3 Å². The van der Waals surface area contributed by atoms with Crippen LogP contribution in [0.25, 0.3) is 0 Å². The predicted molar refractivity (Wildman–Crippen MR) is 80.0 cm³/mol. The van der Waals surface area contributed by atoms with Crippen LogP contribution in [-0.4, -0.2) is 18.6 Å². The van der Waals surface area contributed by atoms with Gasteiger partial charge in [-0.2, -0.15) is 0 Å². The van der Waals surface area contributed by atoms with E-state index in [9.17, 15) is 0 Å². The number of nitrogens with one attached hydrogen (secondary N) is 1. The van der Waals surface area contributed by atoms with Crippen LogP contribution in [0.5, 0.6) is 5.75 Å².